The average molecular weight is 393 g/mol. The van der Waals surface area contributed by atoms with Crippen LogP contribution in [0.3, 0.4) is 0 Å². The van der Waals surface area contributed by atoms with Gasteiger partial charge in [0.25, 0.3) is 0 Å². The van der Waals surface area contributed by atoms with E-state index in [2.05, 4.69) is 6.07 Å². The number of nitrogens with zero attached hydrogens (tertiary/aromatic N) is 2. The Labute approximate surface area is 156 Å². The first-order chi connectivity index (χ1) is 12.0. The Morgan fingerprint density at radius 2 is 1.88 bits per heavy atom. The highest BCUT2D eigenvalue weighted by Gasteiger charge is 2.32. The zero-order valence-electron chi connectivity index (χ0n) is 13.4. The summed E-state index contributed by atoms with van der Waals surface area (Å²) in [4.78, 5) is 5.01. The molecule has 4 rings (SSSR count). The van der Waals surface area contributed by atoms with Crippen molar-refractivity contribution in [1.29, 1.82) is 0 Å². The largest absolute Gasteiger partial charge is 0.243 e. The minimum Gasteiger partial charge on any atom is -0.241 e. The van der Waals surface area contributed by atoms with Crippen molar-refractivity contribution in [2.75, 3.05) is 13.1 Å². The van der Waals surface area contributed by atoms with E-state index in [1.165, 1.54) is 0 Å². The molecule has 2 heterocycles. The van der Waals surface area contributed by atoms with Gasteiger partial charge in [0.05, 0.1) is 20.1 Å². The first-order valence-corrected chi connectivity index (χ1v) is 10.8. The molecule has 0 amide bonds. The first kappa shape index (κ1) is 17.0. The van der Waals surface area contributed by atoms with Crippen molar-refractivity contribution >= 4 is 43.2 Å². The molecule has 7 heteroatoms. The first-order valence-electron chi connectivity index (χ1n) is 8.15. The molecule has 1 fully saturated rings. The molecule has 0 radical (unpaired) electrons. The number of hydrogen-bond acceptors (Lipinski definition) is 4. The van der Waals surface area contributed by atoms with Crippen molar-refractivity contribution in [1.82, 2.24) is 9.29 Å². The molecule has 1 aliphatic heterocycles. The van der Waals surface area contributed by atoms with E-state index in [0.717, 1.165) is 28.1 Å². The summed E-state index contributed by atoms with van der Waals surface area (Å²) in [6.07, 6.45) is 1.81. The Morgan fingerprint density at radius 3 is 2.64 bits per heavy atom. The molecule has 1 aromatic heterocycles. The summed E-state index contributed by atoms with van der Waals surface area (Å²) < 4.78 is 28.6. The second-order valence-electron chi connectivity index (χ2n) is 6.18. The van der Waals surface area contributed by atoms with Gasteiger partial charge >= 0.3 is 0 Å². The molecule has 0 spiro atoms. The Balaban J connectivity index is 1.61. The monoisotopic (exact) mass is 392 g/mol. The number of aromatic nitrogens is 1. The van der Waals surface area contributed by atoms with Crippen LogP contribution >= 0.6 is 22.9 Å². The lowest BCUT2D eigenvalue weighted by molar-refractivity contribution is 0.315. The Hall–Kier alpha value is -1.47. The van der Waals surface area contributed by atoms with Gasteiger partial charge < -0.3 is 0 Å². The molecule has 0 unspecified atom stereocenters. The average Bonchev–Trinajstić information content (AvgIpc) is 3.06. The van der Waals surface area contributed by atoms with Crippen molar-refractivity contribution in [3.05, 3.63) is 58.6 Å². The van der Waals surface area contributed by atoms with E-state index in [1.807, 2.05) is 18.2 Å². The molecule has 130 valence electrons. The molecule has 0 saturated carbocycles. The minimum atomic E-state index is -3.50. The number of para-hydroxylation sites is 1. The van der Waals surface area contributed by atoms with Gasteiger partial charge in [-0.3, -0.25) is 0 Å². The highest BCUT2D eigenvalue weighted by Crippen LogP contribution is 2.34. The summed E-state index contributed by atoms with van der Waals surface area (Å²) in [6.45, 7) is 1.02. The fraction of sp³-hybridized carbons (Fsp3) is 0.278. The second-order valence-corrected chi connectivity index (χ2v) is 9.61. The molecule has 0 aliphatic carbocycles. The van der Waals surface area contributed by atoms with E-state index < -0.39 is 10.0 Å². The second kappa shape index (κ2) is 6.68. The van der Waals surface area contributed by atoms with Crippen molar-refractivity contribution in [3.8, 4) is 0 Å². The van der Waals surface area contributed by atoms with Gasteiger partial charge in [0.2, 0.25) is 10.0 Å². The summed E-state index contributed by atoms with van der Waals surface area (Å²) >= 11 is 7.54. The Morgan fingerprint density at radius 1 is 1.12 bits per heavy atom. The lowest BCUT2D eigenvalue weighted by Gasteiger charge is -2.31. The van der Waals surface area contributed by atoms with Crippen LogP contribution in [0.5, 0.6) is 0 Å². The number of sulfonamides is 1. The number of halogens is 1. The van der Waals surface area contributed by atoms with Crippen LogP contribution in [-0.4, -0.2) is 30.8 Å². The van der Waals surface area contributed by atoms with Gasteiger partial charge in [0.15, 0.2) is 0 Å². The van der Waals surface area contributed by atoms with Crippen molar-refractivity contribution in [3.63, 3.8) is 0 Å². The zero-order valence-corrected chi connectivity index (χ0v) is 15.8. The van der Waals surface area contributed by atoms with Gasteiger partial charge in [0, 0.05) is 24.0 Å². The number of rotatable bonds is 3. The topological polar surface area (TPSA) is 50.3 Å². The van der Waals surface area contributed by atoms with Crippen LogP contribution in [0.4, 0.5) is 0 Å². The highest BCUT2D eigenvalue weighted by molar-refractivity contribution is 7.89. The normalized spacial score (nSPS) is 19.3. The molecule has 0 N–H and O–H groups in total. The summed E-state index contributed by atoms with van der Waals surface area (Å²) in [7, 11) is -3.50. The summed E-state index contributed by atoms with van der Waals surface area (Å²) in [6, 6.07) is 14.4. The quantitative estimate of drug-likeness (QED) is 0.658. The maximum absolute atomic E-state index is 12.9. The maximum Gasteiger partial charge on any atom is 0.243 e. The fourth-order valence-electron chi connectivity index (χ4n) is 3.18. The maximum atomic E-state index is 12.9. The molecule has 1 saturated heterocycles. The number of benzene rings is 2. The lowest BCUT2D eigenvalue weighted by atomic mass is 10.0. The molecule has 25 heavy (non-hydrogen) atoms. The van der Waals surface area contributed by atoms with E-state index in [4.69, 9.17) is 16.6 Å². The third-order valence-corrected chi connectivity index (χ3v) is 7.83. The molecule has 3 aromatic rings. The van der Waals surface area contributed by atoms with Crippen LogP contribution in [0, 0.1) is 0 Å². The third-order valence-electron chi connectivity index (χ3n) is 4.50. The molecule has 4 nitrogen and oxygen atoms in total. The molecule has 1 atom stereocenters. The minimum absolute atomic E-state index is 0.147. The molecular formula is C18H17ClN2O2S2. The van der Waals surface area contributed by atoms with Gasteiger partial charge in [-0.25, -0.2) is 13.4 Å². The van der Waals surface area contributed by atoms with E-state index in [0.29, 0.717) is 23.0 Å². The summed E-state index contributed by atoms with van der Waals surface area (Å²) in [5.41, 5.74) is 0.986. The van der Waals surface area contributed by atoms with Crippen molar-refractivity contribution in [2.45, 2.75) is 23.7 Å². The van der Waals surface area contributed by atoms with Crippen LogP contribution in [0.1, 0.15) is 23.8 Å². The predicted molar refractivity (Wildman–Crippen MR) is 102 cm³/mol. The zero-order chi connectivity index (χ0) is 17.4. The third kappa shape index (κ3) is 3.31. The lowest BCUT2D eigenvalue weighted by Crippen LogP contribution is -2.39. The fourth-order valence-corrected chi connectivity index (χ4v) is 5.93. The van der Waals surface area contributed by atoms with Crippen LogP contribution in [0.15, 0.2) is 53.4 Å². The molecule has 0 bridgehead atoms. The van der Waals surface area contributed by atoms with Gasteiger partial charge in [-0.15, -0.1) is 11.3 Å². The van der Waals surface area contributed by atoms with Crippen LogP contribution in [-0.2, 0) is 10.0 Å². The van der Waals surface area contributed by atoms with E-state index in [1.54, 1.807) is 39.9 Å². The van der Waals surface area contributed by atoms with Crippen LogP contribution < -0.4 is 0 Å². The van der Waals surface area contributed by atoms with E-state index in [-0.39, 0.29) is 5.92 Å². The van der Waals surface area contributed by atoms with E-state index >= 15 is 0 Å². The van der Waals surface area contributed by atoms with Gasteiger partial charge in [-0.05, 0) is 49.2 Å². The number of thiazole rings is 1. The number of hydrogen-bond donors (Lipinski definition) is 0. The van der Waals surface area contributed by atoms with Crippen molar-refractivity contribution < 1.29 is 8.42 Å². The summed E-state index contributed by atoms with van der Waals surface area (Å²) in [5.74, 6) is 0.147. The molecule has 2 aromatic carbocycles. The molecular weight excluding hydrogens is 376 g/mol. The Bertz CT molecular complexity index is 966. The van der Waals surface area contributed by atoms with Gasteiger partial charge in [-0.1, -0.05) is 23.7 Å². The SMILES string of the molecule is O=S(=O)(c1ccc(Cl)cc1)N1CCC[C@@H](c2nc3ccccc3s2)C1. The molecule has 1 aliphatic rings. The number of fused-ring (bicyclic) bond motifs is 1. The van der Waals surface area contributed by atoms with E-state index in [9.17, 15) is 8.42 Å². The predicted octanol–water partition coefficient (Wildman–Crippen LogP) is 4.52. The highest BCUT2D eigenvalue weighted by atomic mass is 35.5. The van der Waals surface area contributed by atoms with Crippen molar-refractivity contribution in [2.24, 2.45) is 0 Å². The standard InChI is InChI=1S/C18H17ClN2O2S2/c19-14-7-9-15(10-8-14)25(22,23)21-11-3-4-13(12-21)18-20-16-5-1-2-6-17(16)24-18/h1-2,5-10,13H,3-4,11-12H2/t13-/m1/s1. The number of piperidine rings is 1. The summed E-state index contributed by atoms with van der Waals surface area (Å²) in [5, 5.41) is 1.56. The smallest absolute Gasteiger partial charge is 0.241 e. The van der Waals surface area contributed by atoms with Gasteiger partial charge in [0.1, 0.15) is 0 Å². The van der Waals surface area contributed by atoms with Crippen LogP contribution in [0.2, 0.25) is 5.02 Å². The van der Waals surface area contributed by atoms with Gasteiger partial charge in [-0.2, -0.15) is 4.31 Å². The van der Waals surface area contributed by atoms with Crippen LogP contribution in [0.25, 0.3) is 10.2 Å². The Kier molecular flexibility index (Phi) is 4.54.